The summed E-state index contributed by atoms with van der Waals surface area (Å²) in [6.45, 7) is 4.30. The van der Waals surface area contributed by atoms with Crippen molar-refractivity contribution >= 4 is 5.78 Å². The minimum Gasteiger partial charge on any atom is -0.494 e. The number of carbonyl (C=O) groups excluding carboxylic acids is 1. The Morgan fingerprint density at radius 2 is 2.21 bits per heavy atom. The van der Waals surface area contributed by atoms with Crippen LogP contribution in [0.1, 0.15) is 46.0 Å². The van der Waals surface area contributed by atoms with Crippen LogP contribution in [0, 0.1) is 5.92 Å². The Balaban J connectivity index is 2.26. The van der Waals surface area contributed by atoms with Crippen LogP contribution in [-0.4, -0.2) is 11.9 Å². The number of ether oxygens (including phenoxy) is 1. The van der Waals surface area contributed by atoms with Crippen LogP contribution in [0.15, 0.2) is 11.3 Å². The van der Waals surface area contributed by atoms with Gasteiger partial charge in [0.2, 0.25) is 0 Å². The van der Waals surface area contributed by atoms with Crippen LogP contribution in [0.5, 0.6) is 0 Å². The second-order valence-corrected chi connectivity index (χ2v) is 4.40. The molecule has 0 aromatic rings. The molecule has 1 aliphatic carbocycles. The Hall–Kier alpha value is -0.790. The van der Waals surface area contributed by atoms with E-state index in [1.54, 1.807) is 0 Å². The van der Waals surface area contributed by atoms with Crippen molar-refractivity contribution in [3.63, 3.8) is 0 Å². The number of carbonyl (C=O) groups is 1. The second kappa shape index (κ2) is 3.76. The van der Waals surface area contributed by atoms with Gasteiger partial charge in [0.05, 0.1) is 6.10 Å². The fraction of sp³-hybridized carbons (Fsp3) is 0.750. The molecule has 2 heteroatoms. The highest BCUT2D eigenvalue weighted by molar-refractivity contribution is 5.97. The highest BCUT2D eigenvalue weighted by atomic mass is 16.5. The molecule has 0 fully saturated rings. The first-order chi connectivity index (χ1) is 6.72. The number of ketones is 1. The standard InChI is InChI=1S/C12H18O2/c1-3-9-7-8(2)12-10(13)5-4-6-11(12)14-9/h8-9H,3-7H2,1-2H3/t8-,9+/m0/s1. The van der Waals surface area contributed by atoms with Crippen molar-refractivity contribution in [1.82, 2.24) is 0 Å². The lowest BCUT2D eigenvalue weighted by atomic mass is 9.82. The van der Waals surface area contributed by atoms with Crippen LogP contribution in [0.25, 0.3) is 0 Å². The maximum absolute atomic E-state index is 11.7. The lowest BCUT2D eigenvalue weighted by Crippen LogP contribution is -2.29. The van der Waals surface area contributed by atoms with E-state index in [9.17, 15) is 4.79 Å². The number of hydrogen-bond acceptors (Lipinski definition) is 2. The number of allylic oxidation sites excluding steroid dienone is 2. The molecule has 0 amide bonds. The van der Waals surface area contributed by atoms with Crippen LogP contribution in [0.4, 0.5) is 0 Å². The number of hydrogen-bond donors (Lipinski definition) is 0. The first-order valence-corrected chi connectivity index (χ1v) is 5.65. The van der Waals surface area contributed by atoms with Crippen molar-refractivity contribution < 1.29 is 9.53 Å². The van der Waals surface area contributed by atoms with Crippen molar-refractivity contribution in [3.8, 4) is 0 Å². The molecule has 0 aromatic carbocycles. The van der Waals surface area contributed by atoms with E-state index in [-0.39, 0.29) is 0 Å². The average molecular weight is 194 g/mol. The molecule has 78 valence electrons. The number of rotatable bonds is 1. The van der Waals surface area contributed by atoms with Crippen LogP contribution < -0.4 is 0 Å². The molecular weight excluding hydrogens is 176 g/mol. The maximum atomic E-state index is 11.7. The molecule has 0 aromatic heterocycles. The molecule has 14 heavy (non-hydrogen) atoms. The molecule has 0 N–H and O–H groups in total. The van der Waals surface area contributed by atoms with Gasteiger partial charge in [0.15, 0.2) is 5.78 Å². The van der Waals surface area contributed by atoms with E-state index in [1.165, 1.54) is 0 Å². The predicted molar refractivity (Wildman–Crippen MR) is 54.8 cm³/mol. The van der Waals surface area contributed by atoms with Crippen molar-refractivity contribution in [3.05, 3.63) is 11.3 Å². The summed E-state index contributed by atoms with van der Waals surface area (Å²) >= 11 is 0. The normalized spacial score (nSPS) is 32.6. The van der Waals surface area contributed by atoms with Gasteiger partial charge in [-0.2, -0.15) is 0 Å². The van der Waals surface area contributed by atoms with Crippen molar-refractivity contribution in [2.24, 2.45) is 5.92 Å². The van der Waals surface area contributed by atoms with Gasteiger partial charge in [0, 0.05) is 18.4 Å². The Kier molecular flexibility index (Phi) is 2.62. The van der Waals surface area contributed by atoms with Gasteiger partial charge in [0.1, 0.15) is 5.76 Å². The smallest absolute Gasteiger partial charge is 0.162 e. The van der Waals surface area contributed by atoms with Gasteiger partial charge >= 0.3 is 0 Å². The third-order valence-corrected chi connectivity index (χ3v) is 3.28. The van der Waals surface area contributed by atoms with E-state index in [1.807, 2.05) is 0 Å². The molecule has 2 rings (SSSR count). The molecule has 0 unspecified atom stereocenters. The topological polar surface area (TPSA) is 26.3 Å². The molecule has 0 saturated heterocycles. The molecule has 2 nitrogen and oxygen atoms in total. The van der Waals surface area contributed by atoms with Crippen molar-refractivity contribution in [1.29, 1.82) is 0 Å². The molecule has 0 radical (unpaired) electrons. The monoisotopic (exact) mass is 194 g/mol. The summed E-state index contributed by atoms with van der Waals surface area (Å²) in [4.78, 5) is 11.7. The van der Waals surface area contributed by atoms with E-state index in [4.69, 9.17) is 4.74 Å². The fourth-order valence-corrected chi connectivity index (χ4v) is 2.52. The summed E-state index contributed by atoms with van der Waals surface area (Å²) in [6.07, 6.45) is 5.08. The van der Waals surface area contributed by atoms with Crippen LogP contribution in [-0.2, 0) is 9.53 Å². The summed E-state index contributed by atoms with van der Waals surface area (Å²) in [6, 6.07) is 0. The average Bonchev–Trinajstić information content (AvgIpc) is 2.17. The molecule has 2 atom stereocenters. The Morgan fingerprint density at radius 3 is 2.93 bits per heavy atom. The lowest BCUT2D eigenvalue weighted by Gasteiger charge is -2.34. The minimum absolute atomic E-state index is 0.327. The lowest BCUT2D eigenvalue weighted by molar-refractivity contribution is -0.118. The van der Waals surface area contributed by atoms with Crippen LogP contribution in [0.2, 0.25) is 0 Å². The summed E-state index contributed by atoms with van der Waals surface area (Å²) in [5.41, 5.74) is 1.00. The van der Waals surface area contributed by atoms with E-state index >= 15 is 0 Å². The van der Waals surface area contributed by atoms with E-state index in [0.29, 0.717) is 17.8 Å². The molecule has 1 aliphatic heterocycles. The second-order valence-electron chi connectivity index (χ2n) is 4.40. The molecule has 1 heterocycles. The largest absolute Gasteiger partial charge is 0.494 e. The zero-order valence-electron chi connectivity index (χ0n) is 9.01. The van der Waals surface area contributed by atoms with Gasteiger partial charge in [-0.3, -0.25) is 4.79 Å². The molecule has 0 spiro atoms. The van der Waals surface area contributed by atoms with Gasteiger partial charge in [-0.15, -0.1) is 0 Å². The van der Waals surface area contributed by atoms with Gasteiger partial charge in [-0.1, -0.05) is 13.8 Å². The SMILES string of the molecule is CC[C@@H]1C[C@H](C)C2=C(CCCC2=O)O1. The van der Waals surface area contributed by atoms with Gasteiger partial charge in [-0.25, -0.2) is 0 Å². The summed E-state index contributed by atoms with van der Waals surface area (Å²) in [5.74, 6) is 1.75. The van der Waals surface area contributed by atoms with E-state index in [2.05, 4.69) is 13.8 Å². The highest BCUT2D eigenvalue weighted by Gasteiger charge is 2.32. The quantitative estimate of drug-likeness (QED) is 0.641. The zero-order valence-corrected chi connectivity index (χ0v) is 9.01. The van der Waals surface area contributed by atoms with E-state index in [0.717, 1.165) is 43.4 Å². The Morgan fingerprint density at radius 1 is 1.43 bits per heavy atom. The van der Waals surface area contributed by atoms with Gasteiger partial charge < -0.3 is 4.74 Å². The summed E-state index contributed by atoms with van der Waals surface area (Å²) in [7, 11) is 0. The molecule has 0 saturated carbocycles. The minimum atomic E-state index is 0.327. The molecular formula is C12H18O2. The zero-order chi connectivity index (χ0) is 10.1. The molecule has 2 aliphatic rings. The van der Waals surface area contributed by atoms with Crippen molar-refractivity contribution in [2.75, 3.05) is 0 Å². The highest BCUT2D eigenvalue weighted by Crippen LogP contribution is 2.36. The summed E-state index contributed by atoms with van der Waals surface area (Å²) in [5, 5.41) is 0. The van der Waals surface area contributed by atoms with Crippen molar-refractivity contribution in [2.45, 2.75) is 52.1 Å². The van der Waals surface area contributed by atoms with E-state index < -0.39 is 0 Å². The Labute approximate surface area is 85.3 Å². The van der Waals surface area contributed by atoms with Crippen LogP contribution >= 0.6 is 0 Å². The maximum Gasteiger partial charge on any atom is 0.162 e. The first kappa shape index (κ1) is 9.75. The number of Topliss-reactive ketones (excluding diaryl/α,β-unsaturated/α-hetero) is 1. The van der Waals surface area contributed by atoms with Crippen LogP contribution in [0.3, 0.4) is 0 Å². The first-order valence-electron chi connectivity index (χ1n) is 5.65. The predicted octanol–water partition coefficient (Wildman–Crippen LogP) is 2.83. The summed E-state index contributed by atoms with van der Waals surface area (Å²) < 4.78 is 5.84. The molecule has 0 bridgehead atoms. The third kappa shape index (κ3) is 1.58. The Bertz CT molecular complexity index is 278. The van der Waals surface area contributed by atoms with Gasteiger partial charge in [-0.05, 0) is 25.2 Å². The third-order valence-electron chi connectivity index (χ3n) is 3.28. The van der Waals surface area contributed by atoms with Gasteiger partial charge in [0.25, 0.3) is 0 Å². The fourth-order valence-electron chi connectivity index (χ4n) is 2.52.